The number of methoxy groups -OCH3 is 1. The number of benzene rings is 1. The average molecular weight is 498 g/mol. The third-order valence-electron chi connectivity index (χ3n) is 7.24. The standard InChI is InChI=1S/C25H26N2O9/c1-27(2)19-13-9-11-8-12-10(5-7-15(29)36-3)4-6-14(28)17(12)20(30)16(11)22(32)25(13,35)23(33)18(21(19)31)24(26)34/h4-7,11,13,19,28,31-32,35H,8-9H2,1-3H3,(H2,26,34)/b7-5+. The molecule has 0 bridgehead atoms. The number of phenolic OH excluding ortho intramolecular Hbond substituents is 1. The van der Waals surface area contributed by atoms with Crippen molar-refractivity contribution in [3.63, 3.8) is 0 Å². The number of esters is 1. The number of fused-ring (bicyclic) bond motifs is 3. The molecule has 1 aromatic carbocycles. The van der Waals surface area contributed by atoms with E-state index in [0.717, 1.165) is 6.08 Å². The number of carbonyl (C=O) groups is 4. The third kappa shape index (κ3) is 3.42. The van der Waals surface area contributed by atoms with Crippen molar-refractivity contribution in [2.45, 2.75) is 24.5 Å². The number of likely N-dealkylation sites (N-methyl/N-ethyl adjacent to an activating group) is 1. The fourth-order valence-corrected chi connectivity index (χ4v) is 5.66. The second-order valence-electron chi connectivity index (χ2n) is 9.35. The molecule has 11 nitrogen and oxygen atoms in total. The zero-order chi connectivity index (χ0) is 26.7. The lowest BCUT2D eigenvalue weighted by Gasteiger charge is -2.50. The van der Waals surface area contributed by atoms with Crippen LogP contribution in [0.1, 0.15) is 27.9 Å². The molecule has 0 saturated heterocycles. The van der Waals surface area contributed by atoms with Gasteiger partial charge in [0, 0.05) is 17.6 Å². The number of Topliss-reactive ketones (excluding diaryl/α,β-unsaturated/α-hetero) is 2. The maximum Gasteiger partial charge on any atom is 0.330 e. The summed E-state index contributed by atoms with van der Waals surface area (Å²) in [6, 6.07) is 1.71. The van der Waals surface area contributed by atoms with Gasteiger partial charge in [-0.15, -0.1) is 0 Å². The Morgan fingerprint density at radius 2 is 1.86 bits per heavy atom. The summed E-state index contributed by atoms with van der Waals surface area (Å²) in [5, 5.41) is 44.1. The maximum atomic E-state index is 13.6. The quantitative estimate of drug-likeness (QED) is 0.219. The third-order valence-corrected chi connectivity index (χ3v) is 7.24. The zero-order valence-electron chi connectivity index (χ0n) is 19.8. The molecule has 0 aliphatic heterocycles. The molecule has 0 aromatic heterocycles. The Kier molecular flexibility index (Phi) is 6.01. The number of allylic oxidation sites excluding steroid dienone is 1. The highest BCUT2D eigenvalue weighted by Gasteiger charge is 2.63. The molecule has 0 radical (unpaired) electrons. The Bertz CT molecular complexity index is 1310. The summed E-state index contributed by atoms with van der Waals surface area (Å²) in [4.78, 5) is 51.9. The number of primary amides is 1. The highest BCUT2D eigenvalue weighted by molar-refractivity contribution is 6.24. The van der Waals surface area contributed by atoms with Gasteiger partial charge in [0.25, 0.3) is 5.91 Å². The minimum Gasteiger partial charge on any atom is -0.510 e. The normalized spacial score (nSPS) is 27.8. The summed E-state index contributed by atoms with van der Waals surface area (Å²) < 4.78 is 4.60. The Balaban J connectivity index is 1.92. The van der Waals surface area contributed by atoms with Gasteiger partial charge in [-0.1, -0.05) is 6.07 Å². The van der Waals surface area contributed by atoms with E-state index in [-0.39, 0.29) is 29.7 Å². The number of aliphatic hydroxyl groups excluding tert-OH is 2. The molecule has 0 spiro atoms. The van der Waals surface area contributed by atoms with Crippen LogP contribution in [0.3, 0.4) is 0 Å². The van der Waals surface area contributed by atoms with Crippen molar-refractivity contribution in [1.82, 2.24) is 4.90 Å². The van der Waals surface area contributed by atoms with Crippen molar-refractivity contribution >= 4 is 29.5 Å². The second-order valence-corrected chi connectivity index (χ2v) is 9.35. The van der Waals surface area contributed by atoms with E-state index in [1.54, 1.807) is 14.1 Å². The van der Waals surface area contributed by atoms with Crippen LogP contribution in [0.15, 0.2) is 40.9 Å². The Hall–Kier alpha value is -3.96. The van der Waals surface area contributed by atoms with Crippen LogP contribution < -0.4 is 5.73 Å². The Morgan fingerprint density at radius 1 is 1.19 bits per heavy atom. The van der Waals surface area contributed by atoms with Crippen LogP contribution in [0.5, 0.6) is 5.75 Å². The van der Waals surface area contributed by atoms with E-state index in [1.165, 1.54) is 30.2 Å². The van der Waals surface area contributed by atoms with Gasteiger partial charge in [0.2, 0.25) is 5.78 Å². The predicted molar refractivity (Wildman–Crippen MR) is 125 cm³/mol. The molecule has 0 fully saturated rings. The van der Waals surface area contributed by atoms with Crippen molar-refractivity contribution in [3.8, 4) is 5.75 Å². The van der Waals surface area contributed by atoms with E-state index in [2.05, 4.69) is 4.74 Å². The van der Waals surface area contributed by atoms with Crippen LogP contribution in [0.4, 0.5) is 0 Å². The van der Waals surface area contributed by atoms with Crippen molar-refractivity contribution in [2.24, 2.45) is 17.6 Å². The summed E-state index contributed by atoms with van der Waals surface area (Å²) >= 11 is 0. The van der Waals surface area contributed by atoms with Crippen molar-refractivity contribution in [2.75, 3.05) is 21.2 Å². The smallest absolute Gasteiger partial charge is 0.330 e. The minimum absolute atomic E-state index is 0.0262. The molecule has 4 atom stereocenters. The molecular weight excluding hydrogens is 472 g/mol. The van der Waals surface area contributed by atoms with E-state index < -0.39 is 64.0 Å². The van der Waals surface area contributed by atoms with Gasteiger partial charge in [-0.05, 0) is 56.1 Å². The largest absolute Gasteiger partial charge is 0.510 e. The zero-order valence-corrected chi connectivity index (χ0v) is 19.8. The average Bonchev–Trinajstić information content (AvgIpc) is 2.80. The molecule has 6 N–H and O–H groups in total. The molecule has 36 heavy (non-hydrogen) atoms. The number of carbonyl (C=O) groups excluding carboxylic acids is 4. The van der Waals surface area contributed by atoms with Crippen LogP contribution in [-0.2, 0) is 25.5 Å². The molecule has 3 aliphatic carbocycles. The monoisotopic (exact) mass is 498 g/mol. The van der Waals surface area contributed by atoms with Crippen LogP contribution >= 0.6 is 0 Å². The molecule has 4 rings (SSSR count). The number of phenols is 1. The van der Waals surface area contributed by atoms with Crippen LogP contribution in [0.25, 0.3) is 6.08 Å². The molecule has 0 heterocycles. The number of rotatable bonds is 4. The first kappa shape index (κ1) is 25.1. The van der Waals surface area contributed by atoms with Gasteiger partial charge in [0.15, 0.2) is 11.4 Å². The molecule has 3 aliphatic rings. The van der Waals surface area contributed by atoms with E-state index in [4.69, 9.17) is 5.73 Å². The van der Waals surface area contributed by atoms with Gasteiger partial charge >= 0.3 is 5.97 Å². The van der Waals surface area contributed by atoms with Gasteiger partial charge in [-0.3, -0.25) is 19.3 Å². The highest BCUT2D eigenvalue weighted by atomic mass is 16.5. The van der Waals surface area contributed by atoms with Crippen molar-refractivity contribution < 1.29 is 44.3 Å². The first-order valence-corrected chi connectivity index (χ1v) is 11.1. The first-order valence-electron chi connectivity index (χ1n) is 11.1. The Morgan fingerprint density at radius 3 is 2.44 bits per heavy atom. The van der Waals surface area contributed by atoms with Gasteiger partial charge in [-0.2, -0.15) is 0 Å². The number of hydrogen-bond acceptors (Lipinski definition) is 10. The SMILES string of the molecule is COC(=O)/C=C/c1ccc(O)c2c1CC1CC3C(N(C)C)C(O)=C(C(N)=O)C(=O)C3(O)C(O)=C1C2=O. The van der Waals surface area contributed by atoms with E-state index >= 15 is 0 Å². The lowest BCUT2D eigenvalue weighted by Crippen LogP contribution is -2.63. The molecular formula is C25H26N2O9. The van der Waals surface area contributed by atoms with Crippen molar-refractivity contribution in [3.05, 3.63) is 57.6 Å². The number of aliphatic hydroxyl groups is 3. The summed E-state index contributed by atoms with van der Waals surface area (Å²) in [7, 11) is 4.33. The number of aromatic hydroxyl groups is 1. The van der Waals surface area contributed by atoms with Crippen LogP contribution in [0, 0.1) is 11.8 Å². The topological polar surface area (TPSA) is 188 Å². The van der Waals surface area contributed by atoms with E-state index in [1.807, 2.05) is 0 Å². The van der Waals surface area contributed by atoms with E-state index in [0.29, 0.717) is 11.1 Å². The number of hydrogen-bond donors (Lipinski definition) is 5. The number of nitrogens with two attached hydrogens (primary N) is 1. The molecule has 11 heteroatoms. The summed E-state index contributed by atoms with van der Waals surface area (Å²) in [5.41, 5.74) is 2.24. The molecule has 190 valence electrons. The summed E-state index contributed by atoms with van der Waals surface area (Å²) in [6.07, 6.45) is 2.69. The van der Waals surface area contributed by atoms with Gasteiger partial charge in [-0.25, -0.2) is 4.79 Å². The number of ether oxygens (including phenoxy) is 1. The lowest BCUT2D eigenvalue weighted by atomic mass is 9.58. The minimum atomic E-state index is -2.69. The van der Waals surface area contributed by atoms with E-state index in [9.17, 15) is 39.6 Å². The second kappa shape index (κ2) is 8.61. The van der Waals surface area contributed by atoms with Crippen LogP contribution in [0.2, 0.25) is 0 Å². The molecule has 1 aromatic rings. The lowest BCUT2D eigenvalue weighted by molar-refractivity contribution is -0.148. The number of nitrogens with zero attached hydrogens (tertiary/aromatic N) is 1. The van der Waals surface area contributed by atoms with Gasteiger partial charge < -0.3 is 30.9 Å². The molecule has 1 amide bonds. The highest BCUT2D eigenvalue weighted by Crippen LogP contribution is 2.52. The van der Waals surface area contributed by atoms with Gasteiger partial charge in [0.1, 0.15) is 22.8 Å². The van der Waals surface area contributed by atoms with Gasteiger partial charge in [0.05, 0.1) is 18.7 Å². The van der Waals surface area contributed by atoms with Crippen LogP contribution in [-0.4, -0.2) is 81.6 Å². The molecule has 0 saturated carbocycles. The number of ketones is 2. The first-order chi connectivity index (χ1) is 16.9. The summed E-state index contributed by atoms with van der Waals surface area (Å²) in [5.74, 6) is -7.77. The maximum absolute atomic E-state index is 13.6. The Labute approximate surface area is 205 Å². The summed E-state index contributed by atoms with van der Waals surface area (Å²) in [6.45, 7) is 0. The number of amides is 1. The molecule has 4 unspecified atom stereocenters. The van der Waals surface area contributed by atoms with Crippen molar-refractivity contribution in [1.29, 1.82) is 0 Å². The fraction of sp³-hybridized carbons (Fsp3) is 0.360. The fourth-order valence-electron chi connectivity index (χ4n) is 5.66. The predicted octanol–water partition coefficient (Wildman–Crippen LogP) is 0.307.